The van der Waals surface area contributed by atoms with Crippen LogP contribution < -0.4 is 5.32 Å². The molecule has 1 aromatic rings. The molecule has 2 heteroatoms. The highest BCUT2D eigenvalue weighted by Gasteiger charge is 2.37. The Labute approximate surface area is 102 Å². The summed E-state index contributed by atoms with van der Waals surface area (Å²) in [4.78, 5) is 12.1. The van der Waals surface area contributed by atoms with E-state index in [1.165, 1.54) is 31.2 Å². The molecule has 1 aliphatic heterocycles. The van der Waals surface area contributed by atoms with E-state index in [9.17, 15) is 4.79 Å². The molecule has 0 aromatic heterocycles. The van der Waals surface area contributed by atoms with Gasteiger partial charge in [-0.25, -0.2) is 0 Å². The number of anilines is 1. The van der Waals surface area contributed by atoms with Crippen molar-refractivity contribution in [3.63, 3.8) is 0 Å². The summed E-state index contributed by atoms with van der Waals surface area (Å²) in [5.74, 6) is 1.71. The number of hydrogen-bond acceptors (Lipinski definition) is 1. The van der Waals surface area contributed by atoms with Crippen molar-refractivity contribution in [1.82, 2.24) is 0 Å². The molecule has 1 aromatic carbocycles. The van der Waals surface area contributed by atoms with Gasteiger partial charge in [-0.15, -0.1) is 0 Å². The number of carbonyl (C=O) groups is 1. The maximum absolute atomic E-state index is 12.1. The van der Waals surface area contributed by atoms with Crippen molar-refractivity contribution in [2.75, 3.05) is 5.32 Å². The summed E-state index contributed by atoms with van der Waals surface area (Å²) in [7, 11) is 0. The molecule has 1 fully saturated rings. The molecular weight excluding hydrogens is 210 g/mol. The average molecular weight is 229 g/mol. The quantitative estimate of drug-likeness (QED) is 0.784. The van der Waals surface area contributed by atoms with Gasteiger partial charge in [-0.3, -0.25) is 4.79 Å². The number of carbonyl (C=O) groups excluding carboxylic acids is 1. The maximum atomic E-state index is 12.1. The van der Waals surface area contributed by atoms with Gasteiger partial charge in [0.05, 0.1) is 5.92 Å². The van der Waals surface area contributed by atoms with Crippen molar-refractivity contribution in [2.24, 2.45) is 11.8 Å². The molecule has 90 valence electrons. The van der Waals surface area contributed by atoms with E-state index in [2.05, 4.69) is 18.3 Å². The summed E-state index contributed by atoms with van der Waals surface area (Å²) in [6, 6.07) is 8.15. The standard InChI is InChI=1S/C15H19NO/c1-10-6-8-11(9-7-10)14-12-4-2-3-5-13(12)16-15(14)17/h2-5,10-11,14H,6-9H2,1H3,(H,16,17). The molecule has 1 amide bonds. The molecule has 0 saturated heterocycles. The number of benzene rings is 1. The molecule has 1 atom stereocenters. The van der Waals surface area contributed by atoms with Crippen molar-refractivity contribution in [3.8, 4) is 0 Å². The second-order valence-electron chi connectivity index (χ2n) is 5.57. The van der Waals surface area contributed by atoms with E-state index in [1.54, 1.807) is 0 Å². The van der Waals surface area contributed by atoms with Gasteiger partial charge in [-0.2, -0.15) is 0 Å². The third kappa shape index (κ3) is 1.86. The topological polar surface area (TPSA) is 29.1 Å². The van der Waals surface area contributed by atoms with Crippen LogP contribution in [-0.4, -0.2) is 5.91 Å². The number of hydrogen-bond donors (Lipinski definition) is 1. The summed E-state index contributed by atoms with van der Waals surface area (Å²) in [6.45, 7) is 2.32. The first-order valence-electron chi connectivity index (χ1n) is 6.65. The van der Waals surface area contributed by atoms with Gasteiger partial charge in [0.25, 0.3) is 0 Å². The second-order valence-corrected chi connectivity index (χ2v) is 5.57. The average Bonchev–Trinajstić information content (AvgIpc) is 2.66. The third-order valence-corrected chi connectivity index (χ3v) is 4.37. The smallest absolute Gasteiger partial charge is 0.232 e. The van der Waals surface area contributed by atoms with Gasteiger partial charge < -0.3 is 5.32 Å². The molecule has 1 aliphatic carbocycles. The predicted octanol–water partition coefficient (Wildman–Crippen LogP) is 3.55. The lowest BCUT2D eigenvalue weighted by molar-refractivity contribution is -0.118. The molecule has 1 N–H and O–H groups in total. The number of amides is 1. The Bertz CT molecular complexity index is 432. The Morgan fingerprint density at radius 1 is 1.12 bits per heavy atom. The molecular formula is C15H19NO. The first-order valence-corrected chi connectivity index (χ1v) is 6.65. The van der Waals surface area contributed by atoms with Crippen molar-refractivity contribution in [1.29, 1.82) is 0 Å². The maximum Gasteiger partial charge on any atom is 0.232 e. The Balaban J connectivity index is 1.86. The summed E-state index contributed by atoms with van der Waals surface area (Å²) >= 11 is 0. The van der Waals surface area contributed by atoms with Gasteiger partial charge in [-0.1, -0.05) is 38.0 Å². The number of fused-ring (bicyclic) bond motifs is 1. The van der Waals surface area contributed by atoms with E-state index < -0.39 is 0 Å². The van der Waals surface area contributed by atoms with Crippen molar-refractivity contribution in [3.05, 3.63) is 29.8 Å². The molecule has 2 nitrogen and oxygen atoms in total. The summed E-state index contributed by atoms with van der Waals surface area (Å²) in [6.07, 6.45) is 4.95. The monoisotopic (exact) mass is 229 g/mol. The van der Waals surface area contributed by atoms with E-state index in [1.807, 2.05) is 18.2 Å². The van der Waals surface area contributed by atoms with Crippen LogP contribution in [0.1, 0.15) is 44.1 Å². The molecule has 0 spiro atoms. The van der Waals surface area contributed by atoms with Gasteiger partial charge in [0.2, 0.25) is 5.91 Å². The predicted molar refractivity (Wildman–Crippen MR) is 68.9 cm³/mol. The fourth-order valence-corrected chi connectivity index (χ4v) is 3.32. The zero-order valence-electron chi connectivity index (χ0n) is 10.3. The molecule has 2 aliphatic rings. The summed E-state index contributed by atoms with van der Waals surface area (Å²) in [5, 5.41) is 3.02. The Kier molecular flexibility index (Phi) is 2.65. The highest BCUT2D eigenvalue weighted by Crippen LogP contribution is 2.43. The molecule has 17 heavy (non-hydrogen) atoms. The molecule has 1 heterocycles. The number of nitrogens with one attached hydrogen (secondary N) is 1. The van der Waals surface area contributed by atoms with E-state index in [-0.39, 0.29) is 11.8 Å². The summed E-state index contributed by atoms with van der Waals surface area (Å²) < 4.78 is 0. The number of rotatable bonds is 1. The van der Waals surface area contributed by atoms with Crippen LogP contribution in [-0.2, 0) is 4.79 Å². The molecule has 0 radical (unpaired) electrons. The Hall–Kier alpha value is -1.31. The van der Waals surface area contributed by atoms with Crippen molar-refractivity contribution < 1.29 is 4.79 Å². The molecule has 0 bridgehead atoms. The van der Waals surface area contributed by atoms with E-state index >= 15 is 0 Å². The minimum Gasteiger partial charge on any atom is -0.325 e. The lowest BCUT2D eigenvalue weighted by atomic mass is 9.74. The minimum absolute atomic E-state index is 0.110. The first-order chi connectivity index (χ1) is 8.25. The molecule has 3 rings (SSSR count). The van der Waals surface area contributed by atoms with Crippen LogP contribution in [0.2, 0.25) is 0 Å². The van der Waals surface area contributed by atoms with E-state index in [0.29, 0.717) is 5.92 Å². The second kappa shape index (κ2) is 4.17. The number of para-hydroxylation sites is 1. The van der Waals surface area contributed by atoms with Crippen molar-refractivity contribution >= 4 is 11.6 Å². The normalized spacial score (nSPS) is 32.1. The lowest BCUT2D eigenvalue weighted by Crippen LogP contribution is -2.24. The van der Waals surface area contributed by atoms with Crippen LogP contribution in [0.3, 0.4) is 0 Å². The van der Waals surface area contributed by atoms with E-state index in [0.717, 1.165) is 11.6 Å². The van der Waals surface area contributed by atoms with Crippen LogP contribution >= 0.6 is 0 Å². The van der Waals surface area contributed by atoms with Crippen LogP contribution in [0.15, 0.2) is 24.3 Å². The highest BCUT2D eigenvalue weighted by molar-refractivity contribution is 6.03. The SMILES string of the molecule is CC1CCC(C2C(=O)Nc3ccccc32)CC1. The van der Waals surface area contributed by atoms with Gasteiger partial charge in [-0.05, 0) is 36.3 Å². The van der Waals surface area contributed by atoms with E-state index in [4.69, 9.17) is 0 Å². The third-order valence-electron chi connectivity index (χ3n) is 4.37. The zero-order chi connectivity index (χ0) is 11.8. The van der Waals surface area contributed by atoms with Crippen molar-refractivity contribution in [2.45, 2.75) is 38.5 Å². The molecule has 1 saturated carbocycles. The molecule has 1 unspecified atom stereocenters. The minimum atomic E-state index is 0.110. The largest absolute Gasteiger partial charge is 0.325 e. The summed E-state index contributed by atoms with van der Waals surface area (Å²) in [5.41, 5.74) is 2.25. The Morgan fingerprint density at radius 2 is 1.82 bits per heavy atom. The van der Waals surface area contributed by atoms with Crippen LogP contribution in [0.4, 0.5) is 5.69 Å². The van der Waals surface area contributed by atoms with Crippen LogP contribution in [0.25, 0.3) is 0 Å². The van der Waals surface area contributed by atoms with Gasteiger partial charge in [0, 0.05) is 5.69 Å². The Morgan fingerprint density at radius 3 is 2.59 bits per heavy atom. The van der Waals surface area contributed by atoms with Gasteiger partial charge in [0.1, 0.15) is 0 Å². The van der Waals surface area contributed by atoms with Gasteiger partial charge in [0.15, 0.2) is 0 Å². The van der Waals surface area contributed by atoms with Crippen LogP contribution in [0.5, 0.6) is 0 Å². The van der Waals surface area contributed by atoms with Crippen LogP contribution in [0, 0.1) is 11.8 Å². The first kappa shape index (κ1) is 10.8. The lowest BCUT2D eigenvalue weighted by Gasteiger charge is -2.29. The zero-order valence-corrected chi connectivity index (χ0v) is 10.3. The fraction of sp³-hybridized carbons (Fsp3) is 0.533. The van der Waals surface area contributed by atoms with Gasteiger partial charge >= 0.3 is 0 Å². The fourth-order valence-electron chi connectivity index (χ4n) is 3.32. The highest BCUT2D eigenvalue weighted by atomic mass is 16.2.